The van der Waals surface area contributed by atoms with Crippen LogP contribution in [-0.2, 0) is 11.3 Å². The van der Waals surface area contributed by atoms with Crippen LogP contribution in [0.1, 0.15) is 25.3 Å². The molecule has 1 saturated heterocycles. The fraction of sp³-hybridized carbons (Fsp3) is 0.467. The van der Waals surface area contributed by atoms with E-state index >= 15 is 0 Å². The molecular weight excluding hydrogens is 224 g/mol. The van der Waals surface area contributed by atoms with E-state index in [1.807, 2.05) is 6.20 Å². The van der Waals surface area contributed by atoms with Crippen LogP contribution in [0.15, 0.2) is 30.5 Å². The summed E-state index contributed by atoms with van der Waals surface area (Å²) in [5, 5.41) is 4.84. The summed E-state index contributed by atoms with van der Waals surface area (Å²) < 4.78 is 5.78. The van der Waals surface area contributed by atoms with Crippen LogP contribution in [0.4, 0.5) is 0 Å². The van der Waals surface area contributed by atoms with E-state index in [2.05, 4.69) is 41.5 Å². The van der Waals surface area contributed by atoms with E-state index in [0.29, 0.717) is 0 Å². The average molecular weight is 244 g/mol. The Bertz CT molecular complexity index is 526. The second kappa shape index (κ2) is 4.75. The number of nitrogens with one attached hydrogen (secondary N) is 2. The fourth-order valence-electron chi connectivity index (χ4n) is 2.74. The lowest BCUT2D eigenvalue weighted by molar-refractivity contribution is 0.0207. The monoisotopic (exact) mass is 244 g/mol. The van der Waals surface area contributed by atoms with E-state index in [1.54, 1.807) is 0 Å². The third-order valence-corrected chi connectivity index (χ3v) is 3.80. The molecule has 0 saturated carbocycles. The Balaban J connectivity index is 1.64. The van der Waals surface area contributed by atoms with Crippen LogP contribution in [0.5, 0.6) is 0 Å². The molecule has 1 atom stereocenters. The van der Waals surface area contributed by atoms with E-state index in [-0.39, 0.29) is 5.60 Å². The van der Waals surface area contributed by atoms with Gasteiger partial charge in [0, 0.05) is 36.8 Å². The predicted octanol–water partition coefficient (Wildman–Crippen LogP) is 2.83. The molecule has 1 aliphatic rings. The maximum Gasteiger partial charge on any atom is 0.0779 e. The Morgan fingerprint density at radius 1 is 1.39 bits per heavy atom. The van der Waals surface area contributed by atoms with Gasteiger partial charge in [0.25, 0.3) is 0 Å². The van der Waals surface area contributed by atoms with Gasteiger partial charge in [-0.25, -0.2) is 0 Å². The SMILES string of the molecule is CC1(CNCc2cccc3[nH]ccc23)CCCO1. The molecule has 2 N–H and O–H groups in total. The Morgan fingerprint density at radius 2 is 2.33 bits per heavy atom. The van der Waals surface area contributed by atoms with Gasteiger partial charge in [0.05, 0.1) is 5.60 Å². The Morgan fingerprint density at radius 3 is 3.17 bits per heavy atom. The van der Waals surface area contributed by atoms with Gasteiger partial charge >= 0.3 is 0 Å². The molecule has 0 spiro atoms. The van der Waals surface area contributed by atoms with Crippen LogP contribution in [0.25, 0.3) is 10.9 Å². The zero-order chi connectivity index (χ0) is 12.4. The number of hydrogen-bond acceptors (Lipinski definition) is 2. The topological polar surface area (TPSA) is 37.0 Å². The summed E-state index contributed by atoms with van der Waals surface area (Å²) in [6, 6.07) is 8.53. The third kappa shape index (κ3) is 2.28. The van der Waals surface area contributed by atoms with Gasteiger partial charge < -0.3 is 15.0 Å². The number of benzene rings is 1. The van der Waals surface area contributed by atoms with Crippen LogP contribution in [0.2, 0.25) is 0 Å². The molecule has 0 radical (unpaired) electrons. The van der Waals surface area contributed by atoms with Crippen LogP contribution < -0.4 is 5.32 Å². The van der Waals surface area contributed by atoms with Crippen molar-refractivity contribution >= 4 is 10.9 Å². The number of ether oxygens (including phenoxy) is 1. The molecule has 1 aromatic carbocycles. The molecule has 2 aromatic rings. The van der Waals surface area contributed by atoms with Gasteiger partial charge in [-0.1, -0.05) is 12.1 Å². The van der Waals surface area contributed by atoms with E-state index in [4.69, 9.17) is 4.74 Å². The van der Waals surface area contributed by atoms with Crippen molar-refractivity contribution in [2.45, 2.75) is 31.9 Å². The van der Waals surface area contributed by atoms with Crippen LogP contribution in [0.3, 0.4) is 0 Å². The summed E-state index contributed by atoms with van der Waals surface area (Å²) in [6.07, 6.45) is 4.34. The second-order valence-corrected chi connectivity index (χ2v) is 5.36. The summed E-state index contributed by atoms with van der Waals surface area (Å²) in [5.41, 5.74) is 2.58. The molecule has 18 heavy (non-hydrogen) atoms. The van der Waals surface area contributed by atoms with Gasteiger partial charge in [-0.3, -0.25) is 0 Å². The van der Waals surface area contributed by atoms with Crippen molar-refractivity contribution < 1.29 is 4.74 Å². The number of rotatable bonds is 4. The number of aromatic amines is 1. The summed E-state index contributed by atoms with van der Waals surface area (Å²) in [4.78, 5) is 3.25. The summed E-state index contributed by atoms with van der Waals surface area (Å²) >= 11 is 0. The van der Waals surface area contributed by atoms with E-state index in [9.17, 15) is 0 Å². The highest BCUT2D eigenvalue weighted by atomic mass is 16.5. The molecule has 1 aromatic heterocycles. The zero-order valence-corrected chi connectivity index (χ0v) is 10.8. The van der Waals surface area contributed by atoms with Crippen molar-refractivity contribution in [3.63, 3.8) is 0 Å². The highest BCUT2D eigenvalue weighted by Gasteiger charge is 2.28. The van der Waals surface area contributed by atoms with Crippen molar-refractivity contribution in [3.05, 3.63) is 36.0 Å². The number of hydrogen-bond donors (Lipinski definition) is 2. The molecule has 0 bridgehead atoms. The molecule has 96 valence electrons. The van der Waals surface area contributed by atoms with Gasteiger partial charge in [-0.05, 0) is 37.5 Å². The minimum absolute atomic E-state index is 0.0338. The first-order valence-corrected chi connectivity index (χ1v) is 6.67. The minimum Gasteiger partial charge on any atom is -0.374 e. The maximum atomic E-state index is 5.78. The van der Waals surface area contributed by atoms with E-state index in [0.717, 1.165) is 26.1 Å². The summed E-state index contributed by atoms with van der Waals surface area (Å²) in [5.74, 6) is 0. The maximum absolute atomic E-state index is 5.78. The summed E-state index contributed by atoms with van der Waals surface area (Å²) in [7, 11) is 0. The van der Waals surface area contributed by atoms with E-state index < -0.39 is 0 Å². The quantitative estimate of drug-likeness (QED) is 0.867. The molecular formula is C15H20N2O. The first-order chi connectivity index (χ1) is 8.77. The van der Waals surface area contributed by atoms with Crippen molar-refractivity contribution in [2.24, 2.45) is 0 Å². The molecule has 1 fully saturated rings. The van der Waals surface area contributed by atoms with Gasteiger partial charge in [0.15, 0.2) is 0 Å². The molecule has 2 heterocycles. The molecule has 0 aliphatic carbocycles. The lowest BCUT2D eigenvalue weighted by atomic mass is 10.0. The van der Waals surface area contributed by atoms with Gasteiger partial charge in [-0.15, -0.1) is 0 Å². The molecule has 3 nitrogen and oxygen atoms in total. The van der Waals surface area contributed by atoms with Crippen molar-refractivity contribution in [2.75, 3.05) is 13.2 Å². The van der Waals surface area contributed by atoms with Gasteiger partial charge in [0.2, 0.25) is 0 Å². The Labute approximate surface area is 108 Å². The standard InChI is InChI=1S/C15H20N2O/c1-15(7-3-9-18-15)11-16-10-12-4-2-5-14-13(12)6-8-17-14/h2,4-6,8,16-17H,3,7,9-11H2,1H3. The predicted molar refractivity (Wildman–Crippen MR) is 73.6 cm³/mol. The summed E-state index contributed by atoms with van der Waals surface area (Å²) in [6.45, 7) is 4.93. The highest BCUT2D eigenvalue weighted by molar-refractivity contribution is 5.82. The molecule has 1 unspecified atom stereocenters. The smallest absolute Gasteiger partial charge is 0.0779 e. The molecule has 3 rings (SSSR count). The van der Waals surface area contributed by atoms with Crippen molar-refractivity contribution in [1.82, 2.24) is 10.3 Å². The second-order valence-electron chi connectivity index (χ2n) is 5.36. The van der Waals surface area contributed by atoms with Crippen molar-refractivity contribution in [1.29, 1.82) is 0 Å². The largest absolute Gasteiger partial charge is 0.374 e. The van der Waals surface area contributed by atoms with Crippen molar-refractivity contribution in [3.8, 4) is 0 Å². The van der Waals surface area contributed by atoms with Crippen LogP contribution in [0, 0.1) is 0 Å². The zero-order valence-electron chi connectivity index (χ0n) is 10.8. The van der Waals surface area contributed by atoms with Gasteiger partial charge in [0.1, 0.15) is 0 Å². The first kappa shape index (κ1) is 11.8. The fourth-order valence-corrected chi connectivity index (χ4v) is 2.74. The first-order valence-electron chi connectivity index (χ1n) is 6.67. The molecule has 3 heteroatoms. The van der Waals surface area contributed by atoms with E-state index in [1.165, 1.54) is 22.9 Å². The van der Waals surface area contributed by atoms with Crippen LogP contribution in [-0.4, -0.2) is 23.7 Å². The average Bonchev–Trinajstić information content (AvgIpc) is 2.98. The Kier molecular flexibility index (Phi) is 3.10. The lowest BCUT2D eigenvalue weighted by Crippen LogP contribution is -2.36. The minimum atomic E-state index is 0.0338. The number of H-pyrrole nitrogens is 1. The number of aromatic nitrogens is 1. The van der Waals surface area contributed by atoms with Crippen LogP contribution >= 0.6 is 0 Å². The Hall–Kier alpha value is -1.32. The highest BCUT2D eigenvalue weighted by Crippen LogP contribution is 2.24. The number of fused-ring (bicyclic) bond motifs is 1. The normalized spacial score (nSPS) is 23.8. The molecule has 1 aliphatic heterocycles. The third-order valence-electron chi connectivity index (χ3n) is 3.80. The lowest BCUT2D eigenvalue weighted by Gasteiger charge is -2.23. The van der Waals surface area contributed by atoms with Gasteiger partial charge in [-0.2, -0.15) is 0 Å². The molecule has 0 amide bonds.